The molecule has 0 unspecified atom stereocenters. The second-order valence-electron chi connectivity index (χ2n) is 10.5. The van der Waals surface area contributed by atoms with E-state index in [0.29, 0.717) is 6.26 Å². The van der Waals surface area contributed by atoms with Gasteiger partial charge in [-0.2, -0.15) is 8.42 Å². The predicted octanol–water partition coefficient (Wildman–Crippen LogP) is 5.77. The molecule has 10 heteroatoms. The topological polar surface area (TPSA) is 108 Å². The molecule has 4 bridgehead atoms. The maximum atomic E-state index is 9.19. The molecule has 4 saturated heterocycles. The van der Waals surface area contributed by atoms with E-state index in [4.69, 9.17) is 24.5 Å². The maximum absolute atomic E-state index is 9.19. The van der Waals surface area contributed by atoms with Crippen LogP contribution in [-0.2, 0) is 44.8 Å². The third-order valence-corrected chi connectivity index (χ3v) is 9.73. The maximum Gasteiger partial charge on any atom is 0.261 e. The number of anilines is 1. The van der Waals surface area contributed by atoms with Gasteiger partial charge in [-0.05, 0) is 52.7 Å². The molecule has 4 atom stereocenters. The molecule has 3 N–H and O–H groups in total. The van der Waals surface area contributed by atoms with E-state index in [1.165, 1.54) is 5.30 Å². The molecular formula is C29H35NO6PPdS-. The minimum atomic E-state index is -3.67. The zero-order chi connectivity index (χ0) is 27.8. The Kier molecular flexibility index (Phi) is 9.54. The molecule has 3 aromatic carbocycles. The quantitative estimate of drug-likeness (QED) is 0.118. The average molecular weight is 663 g/mol. The second-order valence-corrected chi connectivity index (χ2v) is 15.1. The number of benzene rings is 3. The van der Waals surface area contributed by atoms with Crippen LogP contribution >= 0.6 is 7.92 Å². The van der Waals surface area contributed by atoms with Crippen LogP contribution in [0.25, 0.3) is 11.1 Å². The number of rotatable bonds is 2. The molecule has 4 aliphatic rings. The fourth-order valence-corrected chi connectivity index (χ4v) is 10.0. The van der Waals surface area contributed by atoms with Gasteiger partial charge in [-0.3, -0.25) is 4.55 Å². The van der Waals surface area contributed by atoms with E-state index in [1.54, 1.807) is 0 Å². The zero-order valence-electron chi connectivity index (χ0n) is 22.7. The van der Waals surface area contributed by atoms with Gasteiger partial charge in [0.1, 0.15) is 0 Å². The van der Waals surface area contributed by atoms with Gasteiger partial charge in [0.25, 0.3) is 10.1 Å². The molecule has 0 radical (unpaired) electrons. The molecule has 0 spiro atoms. The first kappa shape index (κ1) is 31.9. The van der Waals surface area contributed by atoms with E-state index in [0.717, 1.165) is 29.7 Å². The average Bonchev–Trinajstić information content (AvgIpc) is 2.77. The van der Waals surface area contributed by atoms with Crippen molar-refractivity contribution in [3.63, 3.8) is 0 Å². The number of nitrogen functional groups attached to an aromatic ring is 1. The zero-order valence-corrected chi connectivity index (χ0v) is 25.9. The number of ether oxygens (including phenoxy) is 3. The predicted molar refractivity (Wildman–Crippen MR) is 152 cm³/mol. The van der Waals surface area contributed by atoms with Gasteiger partial charge in [-0.1, -0.05) is 54.1 Å². The Morgan fingerprint density at radius 1 is 0.821 bits per heavy atom. The molecular weight excluding hydrogens is 628 g/mol. The van der Waals surface area contributed by atoms with Crippen LogP contribution in [0.15, 0.2) is 78.9 Å². The van der Waals surface area contributed by atoms with Crippen LogP contribution in [0.2, 0.25) is 0 Å². The van der Waals surface area contributed by atoms with Crippen molar-refractivity contribution < 1.29 is 47.6 Å². The van der Waals surface area contributed by atoms with Gasteiger partial charge in [0.2, 0.25) is 0 Å². The Hall–Kier alpha value is -1.66. The van der Waals surface area contributed by atoms with Crippen molar-refractivity contribution >= 4 is 29.0 Å². The minimum absolute atomic E-state index is 0. The smallest absolute Gasteiger partial charge is 0.261 e. The van der Waals surface area contributed by atoms with Gasteiger partial charge >= 0.3 is 0 Å². The number of hydrogen-bond donors (Lipinski definition) is 2. The van der Waals surface area contributed by atoms with Gasteiger partial charge in [-0.15, -0.1) is 35.9 Å². The molecule has 7 nitrogen and oxygen atoms in total. The fourth-order valence-electron chi connectivity index (χ4n) is 6.01. The van der Waals surface area contributed by atoms with E-state index in [1.807, 2.05) is 48.5 Å². The van der Waals surface area contributed by atoms with Gasteiger partial charge in [0.15, 0.2) is 11.6 Å². The minimum Gasteiger partial charge on any atom is -0.406 e. The Bertz CT molecular complexity index is 1320. The van der Waals surface area contributed by atoms with Crippen molar-refractivity contribution in [2.75, 3.05) is 12.0 Å². The number of hydrogen-bond acceptors (Lipinski definition) is 6. The summed E-state index contributed by atoms with van der Waals surface area (Å²) in [5.74, 6) is -1.02. The van der Waals surface area contributed by atoms with E-state index in [9.17, 15) is 8.42 Å². The van der Waals surface area contributed by atoms with Crippen LogP contribution in [0, 0.1) is 6.07 Å². The monoisotopic (exact) mass is 662 g/mol. The third kappa shape index (κ3) is 7.55. The standard InChI is InChI=1S/C16H21O3P.C12H10N.CH4O3S.Pd/c1-13-10-15(3)19-14(2,17-13)11-16(4,18-13)20(15)12-8-6-5-7-9-12;13-12-9-5-4-8-11(12)10-6-2-1-3-7-10;1-5(2,3)4;/h5-9H,10-11H2,1-4H3;1-6,8-9H,13H2;1H3,(H,2,3,4);/q;-1;;/t13-,14-,15+,16+;;;/m1.../s1. The first-order valence-electron chi connectivity index (χ1n) is 12.3. The van der Waals surface area contributed by atoms with Crippen molar-refractivity contribution in [1.29, 1.82) is 0 Å². The summed E-state index contributed by atoms with van der Waals surface area (Å²) in [7, 11) is -4.22. The molecule has 3 aromatic rings. The van der Waals surface area contributed by atoms with Crippen molar-refractivity contribution in [1.82, 2.24) is 0 Å². The Morgan fingerprint density at radius 2 is 1.31 bits per heavy atom. The first-order valence-corrected chi connectivity index (χ1v) is 15.5. The van der Waals surface area contributed by atoms with Gasteiger partial charge in [0.05, 0.1) is 16.9 Å². The van der Waals surface area contributed by atoms with Crippen LogP contribution < -0.4 is 11.0 Å². The Balaban J connectivity index is 0.000000191. The summed E-state index contributed by atoms with van der Waals surface area (Å²) in [5, 5.41) is 1.01. The molecule has 4 aliphatic heterocycles. The van der Waals surface area contributed by atoms with Gasteiger partial charge in [-0.25, -0.2) is 0 Å². The normalized spacial score (nSPS) is 32.1. The molecule has 7 rings (SSSR count). The fraction of sp³-hybridized carbons (Fsp3) is 0.379. The van der Waals surface area contributed by atoms with Gasteiger partial charge < -0.3 is 19.9 Å². The number of para-hydroxylation sites is 1. The van der Waals surface area contributed by atoms with E-state index < -0.39 is 29.6 Å². The van der Waals surface area contributed by atoms with Crippen molar-refractivity contribution in [3.8, 4) is 11.1 Å². The van der Waals surface area contributed by atoms with E-state index in [-0.39, 0.29) is 31.1 Å². The first-order chi connectivity index (χ1) is 17.6. The van der Waals surface area contributed by atoms with E-state index >= 15 is 0 Å². The largest absolute Gasteiger partial charge is 0.406 e. The van der Waals surface area contributed by atoms with Crippen LogP contribution in [0.1, 0.15) is 40.5 Å². The Morgan fingerprint density at radius 3 is 1.79 bits per heavy atom. The van der Waals surface area contributed by atoms with Crippen molar-refractivity contribution in [2.45, 2.75) is 62.8 Å². The van der Waals surface area contributed by atoms with Crippen LogP contribution in [-0.4, -0.2) is 41.5 Å². The van der Waals surface area contributed by atoms with Crippen LogP contribution in [0.4, 0.5) is 5.69 Å². The second kappa shape index (κ2) is 11.7. The van der Waals surface area contributed by atoms with Crippen LogP contribution in [0.3, 0.4) is 0 Å². The summed E-state index contributed by atoms with van der Waals surface area (Å²) in [6, 6.07) is 29.5. The molecule has 4 fully saturated rings. The summed E-state index contributed by atoms with van der Waals surface area (Å²) >= 11 is 0. The molecule has 0 aliphatic carbocycles. The molecule has 39 heavy (non-hydrogen) atoms. The van der Waals surface area contributed by atoms with E-state index in [2.05, 4.69) is 64.1 Å². The molecule has 4 heterocycles. The Labute approximate surface area is 246 Å². The number of nitrogens with two attached hydrogens (primary N) is 1. The summed E-state index contributed by atoms with van der Waals surface area (Å²) in [6.45, 7) is 8.59. The summed E-state index contributed by atoms with van der Waals surface area (Å²) in [4.78, 5) is 0. The van der Waals surface area contributed by atoms with Crippen LogP contribution in [0.5, 0.6) is 0 Å². The molecule has 0 saturated carbocycles. The van der Waals surface area contributed by atoms with Crippen molar-refractivity contribution in [2.24, 2.45) is 0 Å². The SMILES string of the molecule is CS(=O)(=O)O.C[C@]12C[C@@]3(C)O[C@](C)(C[C@@](C)(O1)P3c1ccccc1)O2.Nc1ccccc1-c1[c-]cccc1.[Pd]. The van der Waals surface area contributed by atoms with Crippen molar-refractivity contribution in [3.05, 3.63) is 84.9 Å². The summed E-state index contributed by atoms with van der Waals surface area (Å²) in [6.07, 6.45) is 2.31. The van der Waals surface area contributed by atoms with Gasteiger partial charge in [0, 0.05) is 33.3 Å². The third-order valence-electron chi connectivity index (χ3n) is 6.52. The summed E-state index contributed by atoms with van der Waals surface area (Å²) in [5.41, 5.74) is 8.72. The summed E-state index contributed by atoms with van der Waals surface area (Å²) < 4.78 is 44.8. The molecule has 0 aromatic heterocycles. The molecule has 214 valence electrons. The molecule has 0 amide bonds.